The molecular formula is C24H30N2O3. The number of benzene rings is 2. The Morgan fingerprint density at radius 2 is 2.00 bits per heavy atom. The topological polar surface area (TPSA) is 50.8 Å². The number of hydrogen-bond donors (Lipinski definition) is 1. The monoisotopic (exact) mass is 394 g/mol. The van der Waals surface area contributed by atoms with Crippen molar-refractivity contribution in [3.8, 4) is 11.5 Å². The van der Waals surface area contributed by atoms with Gasteiger partial charge in [-0.1, -0.05) is 24.3 Å². The van der Waals surface area contributed by atoms with Crippen molar-refractivity contribution in [2.24, 2.45) is 0 Å². The molecule has 154 valence electrons. The first-order chi connectivity index (χ1) is 14.1. The Hall–Kier alpha value is -2.69. The average Bonchev–Trinajstić information content (AvgIpc) is 3.19. The van der Waals surface area contributed by atoms with Gasteiger partial charge in [0.2, 0.25) is 0 Å². The lowest BCUT2D eigenvalue weighted by molar-refractivity contribution is 0.110. The Kier molecular flexibility index (Phi) is 5.93. The molecule has 0 aliphatic carbocycles. The van der Waals surface area contributed by atoms with Gasteiger partial charge in [0.1, 0.15) is 17.6 Å². The maximum Gasteiger partial charge on any atom is 0.317 e. The molecule has 2 aliphatic rings. The Balaban J connectivity index is 1.20. The smallest absolute Gasteiger partial charge is 0.317 e. The summed E-state index contributed by atoms with van der Waals surface area (Å²) < 4.78 is 11.7. The van der Waals surface area contributed by atoms with E-state index in [9.17, 15) is 4.79 Å². The average molecular weight is 395 g/mol. The zero-order valence-corrected chi connectivity index (χ0v) is 17.4. The first-order valence-electron chi connectivity index (χ1n) is 10.6. The first-order valence-corrected chi connectivity index (χ1v) is 10.6. The molecule has 2 aliphatic heterocycles. The molecule has 2 aromatic carbocycles. The third-order valence-electron chi connectivity index (χ3n) is 5.81. The van der Waals surface area contributed by atoms with Gasteiger partial charge < -0.3 is 19.7 Å². The molecule has 0 saturated carbocycles. The molecule has 1 saturated heterocycles. The molecule has 2 heterocycles. The molecule has 0 spiro atoms. The van der Waals surface area contributed by atoms with Crippen LogP contribution in [0.2, 0.25) is 0 Å². The number of urea groups is 1. The largest absolute Gasteiger partial charge is 0.493 e. The predicted molar refractivity (Wildman–Crippen MR) is 114 cm³/mol. The number of rotatable bonds is 5. The fraction of sp³-hybridized carbons (Fsp3) is 0.458. The molecule has 29 heavy (non-hydrogen) atoms. The first kappa shape index (κ1) is 19.6. The quantitative estimate of drug-likeness (QED) is 0.833. The van der Waals surface area contributed by atoms with Gasteiger partial charge in [0, 0.05) is 38.9 Å². The summed E-state index contributed by atoms with van der Waals surface area (Å²) in [6.07, 6.45) is 3.73. The van der Waals surface area contributed by atoms with Crippen LogP contribution in [-0.2, 0) is 12.8 Å². The second kappa shape index (κ2) is 8.76. The Labute approximate surface area is 173 Å². The van der Waals surface area contributed by atoms with Crippen LogP contribution in [0, 0.1) is 13.8 Å². The van der Waals surface area contributed by atoms with Gasteiger partial charge in [0.25, 0.3) is 0 Å². The number of piperidine rings is 1. The zero-order chi connectivity index (χ0) is 20.2. The Morgan fingerprint density at radius 1 is 1.17 bits per heavy atom. The van der Waals surface area contributed by atoms with E-state index in [1.165, 1.54) is 16.7 Å². The van der Waals surface area contributed by atoms with E-state index in [0.717, 1.165) is 62.4 Å². The van der Waals surface area contributed by atoms with Crippen LogP contribution in [0.25, 0.3) is 0 Å². The number of hydrogen-bond acceptors (Lipinski definition) is 3. The van der Waals surface area contributed by atoms with Crippen LogP contribution in [0.5, 0.6) is 11.5 Å². The molecule has 0 radical (unpaired) electrons. The number of aryl methyl sites for hydroxylation is 2. The second-order valence-corrected chi connectivity index (χ2v) is 8.10. The lowest BCUT2D eigenvalue weighted by Crippen LogP contribution is -2.46. The summed E-state index contributed by atoms with van der Waals surface area (Å²) >= 11 is 0. The van der Waals surface area contributed by atoms with Crippen molar-refractivity contribution in [3.05, 3.63) is 58.7 Å². The number of fused-ring (bicyclic) bond motifs is 1. The molecule has 4 rings (SSSR count). The molecular weight excluding hydrogens is 364 g/mol. The van der Waals surface area contributed by atoms with E-state index in [-0.39, 0.29) is 12.1 Å². The van der Waals surface area contributed by atoms with Gasteiger partial charge in [0.05, 0.1) is 6.61 Å². The highest BCUT2D eigenvalue weighted by Gasteiger charge is 2.24. The predicted octanol–water partition coefficient (Wildman–Crippen LogP) is 4.03. The van der Waals surface area contributed by atoms with Crippen molar-refractivity contribution in [1.29, 1.82) is 0 Å². The lowest BCUT2D eigenvalue weighted by atomic mass is 10.1. The lowest BCUT2D eigenvalue weighted by Gasteiger charge is -2.32. The molecule has 5 heteroatoms. The summed E-state index contributed by atoms with van der Waals surface area (Å²) in [6, 6.07) is 12.7. The van der Waals surface area contributed by atoms with Gasteiger partial charge in [-0.2, -0.15) is 0 Å². The highest BCUT2D eigenvalue weighted by molar-refractivity contribution is 5.74. The fourth-order valence-electron chi connectivity index (χ4n) is 4.01. The van der Waals surface area contributed by atoms with Crippen molar-refractivity contribution >= 4 is 6.03 Å². The van der Waals surface area contributed by atoms with Crippen LogP contribution in [-0.4, -0.2) is 43.3 Å². The minimum atomic E-state index is 0.0275. The van der Waals surface area contributed by atoms with Gasteiger partial charge in [-0.05, 0) is 54.7 Å². The number of carbonyl (C=O) groups is 1. The third kappa shape index (κ3) is 4.84. The maximum absolute atomic E-state index is 12.5. The number of likely N-dealkylation sites (tertiary alicyclic amines) is 1. The van der Waals surface area contributed by atoms with Crippen LogP contribution in [0.3, 0.4) is 0 Å². The van der Waals surface area contributed by atoms with Crippen molar-refractivity contribution in [2.75, 3.05) is 26.2 Å². The molecule has 1 fully saturated rings. The third-order valence-corrected chi connectivity index (χ3v) is 5.81. The summed E-state index contributed by atoms with van der Waals surface area (Å²) in [7, 11) is 0. The van der Waals surface area contributed by atoms with Crippen LogP contribution in [0.4, 0.5) is 4.79 Å². The van der Waals surface area contributed by atoms with Gasteiger partial charge in [0.15, 0.2) is 0 Å². The van der Waals surface area contributed by atoms with Crippen LogP contribution in [0.1, 0.15) is 35.1 Å². The molecule has 0 aromatic heterocycles. The van der Waals surface area contributed by atoms with Crippen molar-refractivity contribution < 1.29 is 14.3 Å². The number of nitrogens with one attached hydrogen (secondary N) is 1. The van der Waals surface area contributed by atoms with E-state index in [4.69, 9.17) is 9.47 Å². The Morgan fingerprint density at radius 3 is 2.83 bits per heavy atom. The second-order valence-electron chi connectivity index (χ2n) is 8.10. The Bertz CT molecular complexity index is 872. The summed E-state index contributed by atoms with van der Waals surface area (Å²) in [5, 5.41) is 3.06. The van der Waals surface area contributed by atoms with Gasteiger partial charge in [-0.15, -0.1) is 0 Å². The number of ether oxygens (including phenoxy) is 2. The van der Waals surface area contributed by atoms with E-state index in [1.807, 2.05) is 11.0 Å². The molecule has 1 N–H and O–H groups in total. The van der Waals surface area contributed by atoms with E-state index in [2.05, 4.69) is 49.5 Å². The SMILES string of the molecule is Cc1ccc(C)c(OC2CCN(C(=O)NCCc3ccc4c(c3)CCO4)CC2)c1. The van der Waals surface area contributed by atoms with Gasteiger partial charge in [-0.25, -0.2) is 4.79 Å². The van der Waals surface area contributed by atoms with Crippen molar-refractivity contribution in [1.82, 2.24) is 10.2 Å². The molecule has 5 nitrogen and oxygen atoms in total. The van der Waals surface area contributed by atoms with Crippen LogP contribution in [0.15, 0.2) is 36.4 Å². The minimum absolute atomic E-state index is 0.0275. The summed E-state index contributed by atoms with van der Waals surface area (Å²) in [6.45, 7) is 7.05. The maximum atomic E-state index is 12.5. The standard InChI is InChI=1S/C24H30N2O3/c1-17-3-4-18(2)23(15-17)29-21-8-12-26(13-9-21)24(27)25-11-7-19-5-6-22-20(16-19)10-14-28-22/h3-6,15-16,21H,7-14H2,1-2H3,(H,25,27). The minimum Gasteiger partial charge on any atom is -0.493 e. The zero-order valence-electron chi connectivity index (χ0n) is 17.4. The highest BCUT2D eigenvalue weighted by Crippen LogP contribution is 2.26. The van der Waals surface area contributed by atoms with Crippen molar-refractivity contribution in [3.63, 3.8) is 0 Å². The highest BCUT2D eigenvalue weighted by atomic mass is 16.5. The molecule has 0 atom stereocenters. The summed E-state index contributed by atoms with van der Waals surface area (Å²) in [4.78, 5) is 14.4. The normalized spacial score (nSPS) is 16.3. The van der Waals surface area contributed by atoms with Crippen LogP contribution < -0.4 is 14.8 Å². The summed E-state index contributed by atoms with van der Waals surface area (Å²) in [5.74, 6) is 1.97. The summed E-state index contributed by atoms with van der Waals surface area (Å²) in [5.41, 5.74) is 4.89. The molecule has 0 bridgehead atoms. The van der Waals surface area contributed by atoms with E-state index < -0.39 is 0 Å². The van der Waals surface area contributed by atoms with Crippen LogP contribution >= 0.6 is 0 Å². The van der Waals surface area contributed by atoms with Gasteiger partial charge in [-0.3, -0.25) is 0 Å². The molecule has 2 aromatic rings. The van der Waals surface area contributed by atoms with E-state index in [1.54, 1.807) is 0 Å². The molecule has 0 unspecified atom stereocenters. The number of nitrogens with zero attached hydrogens (tertiary/aromatic N) is 1. The van der Waals surface area contributed by atoms with Gasteiger partial charge >= 0.3 is 6.03 Å². The number of amides is 2. The van der Waals surface area contributed by atoms with E-state index >= 15 is 0 Å². The van der Waals surface area contributed by atoms with Crippen molar-refractivity contribution in [2.45, 2.75) is 45.6 Å². The molecule has 2 amide bonds. The van der Waals surface area contributed by atoms with E-state index in [0.29, 0.717) is 6.54 Å². The fourth-order valence-corrected chi connectivity index (χ4v) is 4.01. The number of carbonyl (C=O) groups excluding carboxylic acids is 1.